The second-order valence-electron chi connectivity index (χ2n) is 14.1. The molecular formula is C34H39Cl2F3N6O3. The molecule has 2 N–H and O–H groups in total. The predicted molar refractivity (Wildman–Crippen MR) is 182 cm³/mol. The number of aryl methyl sites for hydroxylation is 1. The van der Waals surface area contributed by atoms with Crippen LogP contribution in [0.15, 0.2) is 29.3 Å². The SMILES string of the molecule is Cn1c(Nc2c(Cl)ccc(CNC(=O)C(C)(C)C)c2Cl)nc2cc(C(=O)N=C3CCC(C(F)(F)F)CC3)c(N3CC4COCC4C3)cc21. The van der Waals surface area contributed by atoms with E-state index in [0.717, 1.165) is 5.52 Å². The lowest BCUT2D eigenvalue weighted by molar-refractivity contribution is -0.178. The summed E-state index contributed by atoms with van der Waals surface area (Å²) in [6.07, 6.45) is -4.11. The molecule has 3 aliphatic rings. The third kappa shape index (κ3) is 7.02. The van der Waals surface area contributed by atoms with Gasteiger partial charge in [0.25, 0.3) is 5.91 Å². The van der Waals surface area contributed by atoms with Crippen molar-refractivity contribution in [1.29, 1.82) is 0 Å². The van der Waals surface area contributed by atoms with Gasteiger partial charge in [-0.25, -0.2) is 9.98 Å². The largest absolute Gasteiger partial charge is 0.391 e. The molecule has 2 aliphatic heterocycles. The van der Waals surface area contributed by atoms with Gasteiger partial charge in [-0.15, -0.1) is 0 Å². The first-order chi connectivity index (χ1) is 22.6. The minimum atomic E-state index is -4.24. The van der Waals surface area contributed by atoms with Crippen molar-refractivity contribution >= 4 is 69.1 Å². The molecule has 1 saturated carbocycles. The smallest absolute Gasteiger partial charge is 0.381 e. The van der Waals surface area contributed by atoms with E-state index in [4.69, 9.17) is 32.9 Å². The Labute approximate surface area is 287 Å². The van der Waals surface area contributed by atoms with E-state index in [2.05, 4.69) is 20.5 Å². The summed E-state index contributed by atoms with van der Waals surface area (Å²) in [6.45, 7) is 8.45. The van der Waals surface area contributed by atoms with Crippen LogP contribution in [0.1, 0.15) is 62.4 Å². The Kier molecular flexibility index (Phi) is 9.47. The van der Waals surface area contributed by atoms with Crippen LogP contribution in [-0.4, -0.2) is 59.6 Å². The van der Waals surface area contributed by atoms with Crippen LogP contribution in [-0.2, 0) is 23.1 Å². The molecule has 3 aromatic rings. The second kappa shape index (κ2) is 13.2. The number of anilines is 3. The summed E-state index contributed by atoms with van der Waals surface area (Å²) in [5.74, 6) is -0.857. The summed E-state index contributed by atoms with van der Waals surface area (Å²) in [5.41, 5.74) is 3.35. The summed E-state index contributed by atoms with van der Waals surface area (Å²) in [6, 6.07) is 7.08. The summed E-state index contributed by atoms with van der Waals surface area (Å²) in [4.78, 5) is 37.5. The van der Waals surface area contributed by atoms with Gasteiger partial charge in [-0.1, -0.05) is 50.0 Å². The number of alkyl halides is 3. The first kappa shape index (κ1) is 34.5. The number of imidazole rings is 1. The number of aliphatic imine (C=N–C) groups is 1. The molecule has 1 aliphatic carbocycles. The lowest BCUT2D eigenvalue weighted by atomic mass is 9.87. The number of nitrogens with one attached hydrogen (secondary N) is 2. The fourth-order valence-corrected chi connectivity index (χ4v) is 7.18. The van der Waals surface area contributed by atoms with Gasteiger partial charge in [0, 0.05) is 49.6 Å². The van der Waals surface area contributed by atoms with Gasteiger partial charge >= 0.3 is 6.18 Å². The third-order valence-corrected chi connectivity index (χ3v) is 10.4. The molecule has 3 heterocycles. The molecule has 9 nitrogen and oxygen atoms in total. The van der Waals surface area contributed by atoms with Crippen molar-refractivity contribution in [3.8, 4) is 0 Å². The van der Waals surface area contributed by atoms with E-state index in [-0.39, 0.29) is 38.1 Å². The second-order valence-corrected chi connectivity index (χ2v) is 14.9. The van der Waals surface area contributed by atoms with Gasteiger partial charge in [0.1, 0.15) is 0 Å². The summed E-state index contributed by atoms with van der Waals surface area (Å²) < 4.78 is 47.2. The maximum atomic E-state index is 13.8. The van der Waals surface area contributed by atoms with Crippen LogP contribution in [0.25, 0.3) is 11.0 Å². The Morgan fingerprint density at radius 3 is 2.35 bits per heavy atom. The van der Waals surface area contributed by atoms with Crippen molar-refractivity contribution in [2.75, 3.05) is 36.5 Å². The van der Waals surface area contributed by atoms with Crippen molar-refractivity contribution in [1.82, 2.24) is 14.9 Å². The maximum absolute atomic E-state index is 13.8. The van der Waals surface area contributed by atoms with Crippen LogP contribution < -0.4 is 15.5 Å². The number of aromatic nitrogens is 2. The number of hydrogen-bond acceptors (Lipinski definition) is 6. The lowest BCUT2D eigenvalue weighted by Gasteiger charge is -2.25. The van der Waals surface area contributed by atoms with E-state index in [1.165, 1.54) is 0 Å². The fraction of sp³-hybridized carbons (Fsp3) is 0.529. The van der Waals surface area contributed by atoms with Gasteiger partial charge in [-0.05, 0) is 49.4 Å². The summed E-state index contributed by atoms with van der Waals surface area (Å²) in [7, 11) is 1.84. The van der Waals surface area contributed by atoms with E-state index >= 15 is 0 Å². The lowest BCUT2D eigenvalue weighted by Crippen LogP contribution is -2.34. The van der Waals surface area contributed by atoms with Crippen LogP contribution >= 0.6 is 23.2 Å². The fourth-order valence-electron chi connectivity index (χ4n) is 6.65. The number of halogens is 5. The van der Waals surface area contributed by atoms with Gasteiger partial charge in [0.15, 0.2) is 0 Å². The zero-order valence-corrected chi connectivity index (χ0v) is 28.8. The molecule has 2 amide bonds. The molecule has 2 saturated heterocycles. The Morgan fingerprint density at radius 1 is 1.06 bits per heavy atom. The zero-order valence-electron chi connectivity index (χ0n) is 27.3. The molecule has 0 spiro atoms. The highest BCUT2D eigenvalue weighted by Crippen LogP contribution is 2.40. The molecule has 3 fully saturated rings. The van der Waals surface area contributed by atoms with Crippen molar-refractivity contribution in [3.05, 3.63) is 45.4 Å². The number of hydrogen-bond donors (Lipinski definition) is 2. The molecule has 6 rings (SSSR count). The average Bonchev–Trinajstić information content (AvgIpc) is 3.71. The van der Waals surface area contributed by atoms with E-state index in [1.54, 1.807) is 18.2 Å². The van der Waals surface area contributed by atoms with Crippen LogP contribution in [0.2, 0.25) is 10.0 Å². The van der Waals surface area contributed by atoms with Gasteiger partial charge in [0.2, 0.25) is 11.9 Å². The maximum Gasteiger partial charge on any atom is 0.391 e. The third-order valence-electron chi connectivity index (χ3n) is 9.62. The molecule has 0 bridgehead atoms. The number of carbonyl (C=O) groups is 2. The predicted octanol–water partition coefficient (Wildman–Crippen LogP) is 7.70. The Balaban J connectivity index is 1.32. The molecule has 258 valence electrons. The van der Waals surface area contributed by atoms with Gasteiger partial charge in [0.05, 0.1) is 57.1 Å². The molecule has 48 heavy (non-hydrogen) atoms. The normalized spacial score (nSPS) is 21.5. The van der Waals surface area contributed by atoms with E-state index in [9.17, 15) is 22.8 Å². The van der Waals surface area contributed by atoms with E-state index < -0.39 is 23.4 Å². The summed E-state index contributed by atoms with van der Waals surface area (Å²) in [5, 5.41) is 6.85. The Hall–Kier alpha value is -3.35. The highest BCUT2D eigenvalue weighted by atomic mass is 35.5. The van der Waals surface area contributed by atoms with Crippen molar-refractivity contribution in [2.45, 2.75) is 59.2 Å². The molecule has 2 unspecified atom stereocenters. The number of benzene rings is 2. The molecule has 2 aromatic carbocycles. The first-order valence-corrected chi connectivity index (χ1v) is 16.9. The van der Waals surface area contributed by atoms with Crippen LogP contribution in [0, 0.1) is 23.2 Å². The molecule has 1 aromatic heterocycles. The van der Waals surface area contributed by atoms with Gasteiger partial charge < -0.3 is 24.8 Å². The van der Waals surface area contributed by atoms with Crippen molar-refractivity contribution < 1.29 is 27.5 Å². The summed E-state index contributed by atoms with van der Waals surface area (Å²) >= 11 is 13.4. The molecular weight excluding hydrogens is 668 g/mol. The Morgan fingerprint density at radius 2 is 1.73 bits per heavy atom. The number of carbonyl (C=O) groups excluding carboxylic acids is 2. The van der Waals surface area contributed by atoms with E-state index in [0.29, 0.717) is 87.9 Å². The van der Waals surface area contributed by atoms with Crippen LogP contribution in [0.4, 0.5) is 30.5 Å². The Bertz CT molecular complexity index is 1760. The number of ether oxygens (including phenoxy) is 1. The average molecular weight is 708 g/mol. The minimum absolute atomic E-state index is 0.0679. The minimum Gasteiger partial charge on any atom is -0.381 e. The highest BCUT2D eigenvalue weighted by Gasteiger charge is 2.41. The standard InChI is InChI=1S/C34H39Cl2F3N6O3/c1-33(2,3)31(47)40-13-18-5-10-24(35)29(28(18)36)43-32-42-25-11-23(30(46)41-22-8-6-21(7-9-22)34(37,38)39)26(12-27(25)44(32)4)45-14-19-16-48-17-20(19)15-45/h5,10-12,19-21H,6-9,13-17H2,1-4H3,(H,40,47)(H,42,43). The van der Waals surface area contributed by atoms with Crippen molar-refractivity contribution in [2.24, 2.45) is 35.2 Å². The molecule has 0 radical (unpaired) electrons. The number of nitrogens with zero attached hydrogens (tertiary/aromatic N) is 4. The monoisotopic (exact) mass is 706 g/mol. The zero-order chi connectivity index (χ0) is 34.5. The highest BCUT2D eigenvalue weighted by molar-refractivity contribution is 6.39. The molecule has 2 atom stereocenters. The van der Waals surface area contributed by atoms with Gasteiger partial charge in [-0.3, -0.25) is 9.59 Å². The number of rotatable bonds is 6. The van der Waals surface area contributed by atoms with Crippen LogP contribution in [0.3, 0.4) is 0 Å². The topological polar surface area (TPSA) is 101 Å². The quantitative estimate of drug-likeness (QED) is 0.273. The number of amides is 2. The van der Waals surface area contributed by atoms with Gasteiger partial charge in [-0.2, -0.15) is 13.2 Å². The van der Waals surface area contributed by atoms with Crippen molar-refractivity contribution in [3.63, 3.8) is 0 Å². The molecule has 14 heteroatoms. The van der Waals surface area contributed by atoms with E-state index in [1.807, 2.05) is 38.5 Å². The number of fused-ring (bicyclic) bond motifs is 2. The van der Waals surface area contributed by atoms with Crippen LogP contribution in [0.5, 0.6) is 0 Å². The first-order valence-electron chi connectivity index (χ1n) is 16.1.